The fraction of sp³-hybridized carbons (Fsp3) is 0.562. The molecule has 1 saturated carbocycles. The van der Waals surface area contributed by atoms with Crippen molar-refractivity contribution in [3.8, 4) is 0 Å². The molecule has 1 aromatic rings. The van der Waals surface area contributed by atoms with Gasteiger partial charge in [0.2, 0.25) is 5.91 Å². The Morgan fingerprint density at radius 1 is 1.32 bits per heavy atom. The van der Waals surface area contributed by atoms with Crippen LogP contribution in [0.2, 0.25) is 0 Å². The lowest BCUT2D eigenvalue weighted by Gasteiger charge is -2.43. The molecule has 0 radical (unpaired) electrons. The van der Waals surface area contributed by atoms with Crippen molar-refractivity contribution in [1.82, 2.24) is 4.90 Å². The van der Waals surface area contributed by atoms with Crippen LogP contribution in [0.4, 0.5) is 0 Å². The smallest absolute Gasteiger partial charge is 0.229 e. The summed E-state index contributed by atoms with van der Waals surface area (Å²) in [5.41, 5.74) is 1.06. The van der Waals surface area contributed by atoms with E-state index < -0.39 is 0 Å². The first-order chi connectivity index (χ1) is 9.20. The van der Waals surface area contributed by atoms with Crippen LogP contribution in [0.5, 0.6) is 0 Å². The quantitative estimate of drug-likeness (QED) is 0.902. The Morgan fingerprint density at radius 3 is 2.58 bits per heavy atom. The van der Waals surface area contributed by atoms with E-state index in [2.05, 4.69) is 12.1 Å². The van der Waals surface area contributed by atoms with Crippen molar-refractivity contribution in [3.05, 3.63) is 35.9 Å². The van der Waals surface area contributed by atoms with Crippen LogP contribution < -0.4 is 0 Å². The highest BCUT2D eigenvalue weighted by Gasteiger charge is 2.47. The Kier molecular flexibility index (Phi) is 3.31. The molecule has 102 valence electrons. The maximum atomic E-state index is 12.7. The molecule has 3 rings (SSSR count). The Balaban J connectivity index is 1.74. The van der Waals surface area contributed by atoms with Crippen LogP contribution in [-0.2, 0) is 11.2 Å². The first-order valence-corrected chi connectivity index (χ1v) is 7.21. The molecule has 1 amide bonds. The van der Waals surface area contributed by atoms with Gasteiger partial charge >= 0.3 is 0 Å². The summed E-state index contributed by atoms with van der Waals surface area (Å²) in [4.78, 5) is 14.6. The number of amides is 1. The largest absolute Gasteiger partial charge is 0.391 e. The predicted molar refractivity (Wildman–Crippen MR) is 73.6 cm³/mol. The number of likely N-dealkylation sites (tertiary alicyclic amines) is 1. The van der Waals surface area contributed by atoms with Crippen LogP contribution in [0, 0.1) is 5.41 Å². The van der Waals surface area contributed by atoms with E-state index in [9.17, 15) is 9.90 Å². The standard InChI is InChI=1S/C16H21NO2/c18-14-7-10-17(12-14)15(19)16(8-4-9-16)11-13-5-2-1-3-6-13/h1-3,5-6,14,18H,4,7-12H2/t14-/m0/s1. The fourth-order valence-electron chi connectivity index (χ4n) is 3.32. The van der Waals surface area contributed by atoms with Crippen LogP contribution in [0.1, 0.15) is 31.2 Å². The van der Waals surface area contributed by atoms with Gasteiger partial charge in [0.05, 0.1) is 11.5 Å². The molecular formula is C16H21NO2. The molecule has 3 nitrogen and oxygen atoms in total. The molecule has 1 heterocycles. The number of aliphatic hydroxyl groups excluding tert-OH is 1. The third-order valence-corrected chi connectivity index (χ3v) is 4.60. The topological polar surface area (TPSA) is 40.5 Å². The zero-order chi connectivity index (χ0) is 13.3. The first-order valence-electron chi connectivity index (χ1n) is 7.21. The number of rotatable bonds is 3. The summed E-state index contributed by atoms with van der Waals surface area (Å²) >= 11 is 0. The van der Waals surface area contributed by atoms with E-state index in [1.807, 2.05) is 23.1 Å². The van der Waals surface area contributed by atoms with Gasteiger partial charge in [-0.25, -0.2) is 0 Å². The molecule has 2 fully saturated rings. The second-order valence-electron chi connectivity index (χ2n) is 5.99. The molecule has 1 saturated heterocycles. The van der Waals surface area contributed by atoms with Crippen LogP contribution in [-0.4, -0.2) is 35.1 Å². The van der Waals surface area contributed by atoms with Gasteiger partial charge in [-0.3, -0.25) is 4.79 Å². The van der Waals surface area contributed by atoms with Crippen molar-refractivity contribution < 1.29 is 9.90 Å². The zero-order valence-corrected chi connectivity index (χ0v) is 11.2. The Labute approximate surface area is 114 Å². The normalized spacial score (nSPS) is 25.1. The lowest BCUT2D eigenvalue weighted by Crippen LogP contribution is -2.48. The Morgan fingerprint density at radius 2 is 2.05 bits per heavy atom. The van der Waals surface area contributed by atoms with E-state index in [1.165, 1.54) is 5.56 Å². The van der Waals surface area contributed by atoms with Gasteiger partial charge in [-0.1, -0.05) is 36.8 Å². The highest BCUT2D eigenvalue weighted by Crippen LogP contribution is 2.45. The first kappa shape index (κ1) is 12.7. The van der Waals surface area contributed by atoms with Gasteiger partial charge in [-0.2, -0.15) is 0 Å². The van der Waals surface area contributed by atoms with E-state index >= 15 is 0 Å². The number of hydrogen-bond donors (Lipinski definition) is 1. The van der Waals surface area contributed by atoms with Gasteiger partial charge in [-0.15, -0.1) is 0 Å². The molecule has 1 aromatic carbocycles. The summed E-state index contributed by atoms with van der Waals surface area (Å²) in [5, 5.41) is 9.60. The highest BCUT2D eigenvalue weighted by molar-refractivity contribution is 5.84. The van der Waals surface area contributed by atoms with Crippen LogP contribution in [0.15, 0.2) is 30.3 Å². The molecule has 1 aliphatic carbocycles. The van der Waals surface area contributed by atoms with Crippen molar-refractivity contribution in [1.29, 1.82) is 0 Å². The Hall–Kier alpha value is -1.35. The number of nitrogens with zero attached hydrogens (tertiary/aromatic N) is 1. The monoisotopic (exact) mass is 259 g/mol. The summed E-state index contributed by atoms with van der Waals surface area (Å²) in [6.07, 6.45) is 4.39. The minimum absolute atomic E-state index is 0.189. The average molecular weight is 259 g/mol. The molecule has 1 N–H and O–H groups in total. The molecule has 0 unspecified atom stereocenters. The number of β-amino-alcohol motifs (C(OH)–C–C–N with tert-alkyl or cyclic N) is 1. The lowest BCUT2D eigenvalue weighted by atomic mass is 9.64. The SMILES string of the molecule is O=C(N1CC[C@H](O)C1)C1(Cc2ccccc2)CCC1. The van der Waals surface area contributed by atoms with E-state index in [4.69, 9.17) is 0 Å². The average Bonchev–Trinajstić information content (AvgIpc) is 2.81. The van der Waals surface area contributed by atoms with Crippen molar-refractivity contribution in [3.63, 3.8) is 0 Å². The molecule has 19 heavy (non-hydrogen) atoms. The van der Waals surface area contributed by atoms with Gasteiger partial charge in [-0.05, 0) is 31.2 Å². The molecule has 3 heteroatoms. The minimum atomic E-state index is -0.321. The summed E-state index contributed by atoms with van der Waals surface area (Å²) in [6, 6.07) is 10.3. The van der Waals surface area contributed by atoms with Crippen molar-refractivity contribution in [2.75, 3.05) is 13.1 Å². The Bertz CT molecular complexity index is 453. The number of carbonyl (C=O) groups is 1. The number of carbonyl (C=O) groups excluding carboxylic acids is 1. The van der Waals surface area contributed by atoms with E-state index in [-0.39, 0.29) is 17.4 Å². The van der Waals surface area contributed by atoms with Crippen molar-refractivity contribution >= 4 is 5.91 Å². The summed E-state index contributed by atoms with van der Waals surface area (Å²) in [7, 11) is 0. The third-order valence-electron chi connectivity index (χ3n) is 4.60. The molecule has 0 aromatic heterocycles. The van der Waals surface area contributed by atoms with Crippen LogP contribution in [0.3, 0.4) is 0 Å². The van der Waals surface area contributed by atoms with Crippen LogP contribution in [0.25, 0.3) is 0 Å². The van der Waals surface area contributed by atoms with E-state index in [0.717, 1.165) is 38.6 Å². The van der Waals surface area contributed by atoms with Crippen molar-refractivity contribution in [2.45, 2.75) is 38.2 Å². The maximum absolute atomic E-state index is 12.7. The molecule has 0 spiro atoms. The summed E-state index contributed by atoms with van der Waals surface area (Å²) < 4.78 is 0. The van der Waals surface area contributed by atoms with Crippen LogP contribution >= 0.6 is 0 Å². The minimum Gasteiger partial charge on any atom is -0.391 e. The van der Waals surface area contributed by atoms with Gasteiger partial charge in [0.1, 0.15) is 0 Å². The summed E-state index contributed by atoms with van der Waals surface area (Å²) in [5.74, 6) is 0.263. The number of benzene rings is 1. The molecular weight excluding hydrogens is 238 g/mol. The van der Waals surface area contributed by atoms with E-state index in [1.54, 1.807) is 0 Å². The molecule has 1 aliphatic heterocycles. The molecule has 2 aliphatic rings. The van der Waals surface area contributed by atoms with Gasteiger partial charge in [0, 0.05) is 13.1 Å². The number of hydrogen-bond acceptors (Lipinski definition) is 2. The van der Waals surface area contributed by atoms with Gasteiger partial charge in [0.25, 0.3) is 0 Å². The second kappa shape index (κ2) is 4.97. The van der Waals surface area contributed by atoms with Gasteiger partial charge in [0.15, 0.2) is 0 Å². The van der Waals surface area contributed by atoms with E-state index in [0.29, 0.717) is 6.54 Å². The highest BCUT2D eigenvalue weighted by atomic mass is 16.3. The molecule has 1 atom stereocenters. The number of aliphatic hydroxyl groups is 1. The maximum Gasteiger partial charge on any atom is 0.229 e. The summed E-state index contributed by atoms with van der Waals surface area (Å²) in [6.45, 7) is 1.24. The fourth-order valence-corrected chi connectivity index (χ4v) is 3.32. The molecule has 0 bridgehead atoms. The zero-order valence-electron chi connectivity index (χ0n) is 11.2. The predicted octanol–water partition coefficient (Wildman–Crippen LogP) is 1.99. The van der Waals surface area contributed by atoms with Crippen molar-refractivity contribution in [2.24, 2.45) is 5.41 Å². The lowest BCUT2D eigenvalue weighted by molar-refractivity contribution is -0.146. The second-order valence-corrected chi connectivity index (χ2v) is 5.99. The van der Waals surface area contributed by atoms with Gasteiger partial charge < -0.3 is 10.0 Å². The third kappa shape index (κ3) is 2.39.